The Morgan fingerprint density at radius 2 is 2.12 bits per heavy atom. The first kappa shape index (κ1) is 18.8. The maximum atomic E-state index is 12.6. The number of aliphatic carboxylic acids is 1. The minimum atomic E-state index is -1.04. The molecule has 1 atom stereocenters. The van der Waals surface area contributed by atoms with Gasteiger partial charge in [0.1, 0.15) is 16.1 Å². The van der Waals surface area contributed by atoms with Crippen LogP contribution in [-0.2, 0) is 9.59 Å². The third-order valence-corrected chi connectivity index (χ3v) is 5.40. The molecule has 0 bridgehead atoms. The van der Waals surface area contributed by atoms with Crippen LogP contribution in [0.1, 0.15) is 12.0 Å². The van der Waals surface area contributed by atoms with Crippen molar-refractivity contribution in [2.24, 2.45) is 0 Å². The van der Waals surface area contributed by atoms with E-state index in [9.17, 15) is 14.7 Å². The zero-order chi connectivity index (χ0) is 17.7. The largest absolute Gasteiger partial charge is 0.497 e. The first-order valence-corrected chi connectivity index (χ1v) is 9.72. The number of thioether (sulfide) groups is 2. The van der Waals surface area contributed by atoms with Crippen LogP contribution in [0, 0.1) is 0 Å². The highest BCUT2D eigenvalue weighted by Gasteiger charge is 2.40. The van der Waals surface area contributed by atoms with Gasteiger partial charge >= 0.3 is 5.97 Å². The van der Waals surface area contributed by atoms with Crippen molar-refractivity contribution >= 4 is 58.0 Å². The number of thiocarbonyl (C=S) groups is 1. The number of amides is 1. The summed E-state index contributed by atoms with van der Waals surface area (Å²) in [6, 6.07) is 6.32. The van der Waals surface area contributed by atoms with Gasteiger partial charge in [0.15, 0.2) is 0 Å². The molecule has 0 spiro atoms. The molecular weight excluding hydrogens is 366 g/mol. The summed E-state index contributed by atoms with van der Waals surface area (Å²) in [6.07, 6.45) is 3.97. The van der Waals surface area contributed by atoms with Gasteiger partial charge in [-0.25, -0.2) is 4.79 Å². The fourth-order valence-electron chi connectivity index (χ4n) is 2.19. The number of hydrogen-bond acceptors (Lipinski definition) is 6. The maximum Gasteiger partial charge on any atom is 0.326 e. The van der Waals surface area contributed by atoms with Crippen molar-refractivity contribution in [3.8, 4) is 5.75 Å². The van der Waals surface area contributed by atoms with Gasteiger partial charge in [0.2, 0.25) is 0 Å². The van der Waals surface area contributed by atoms with Crippen molar-refractivity contribution in [3.63, 3.8) is 0 Å². The van der Waals surface area contributed by atoms with Crippen LogP contribution >= 0.6 is 35.7 Å². The summed E-state index contributed by atoms with van der Waals surface area (Å²) < 4.78 is 5.39. The molecule has 0 saturated carbocycles. The van der Waals surface area contributed by atoms with Crippen LogP contribution in [0.25, 0.3) is 6.08 Å². The monoisotopic (exact) mass is 383 g/mol. The summed E-state index contributed by atoms with van der Waals surface area (Å²) in [7, 11) is 1.58. The lowest BCUT2D eigenvalue weighted by molar-refractivity contribution is -0.145. The molecule has 1 heterocycles. The van der Waals surface area contributed by atoms with E-state index in [0.717, 1.165) is 23.1 Å². The third kappa shape index (κ3) is 4.31. The van der Waals surface area contributed by atoms with Crippen molar-refractivity contribution in [1.29, 1.82) is 0 Å². The molecule has 1 aromatic carbocycles. The Morgan fingerprint density at radius 3 is 2.67 bits per heavy atom. The highest BCUT2D eigenvalue weighted by atomic mass is 32.2. The average Bonchev–Trinajstić information content (AvgIpc) is 2.83. The second-order valence-electron chi connectivity index (χ2n) is 4.96. The summed E-state index contributed by atoms with van der Waals surface area (Å²) in [6.45, 7) is 0. The number of hydrogen-bond donors (Lipinski definition) is 1. The number of ether oxygens (including phenoxy) is 1. The number of methoxy groups -OCH3 is 1. The van der Waals surface area contributed by atoms with Crippen LogP contribution in [0.3, 0.4) is 0 Å². The Morgan fingerprint density at radius 1 is 1.46 bits per heavy atom. The third-order valence-electron chi connectivity index (χ3n) is 3.43. The van der Waals surface area contributed by atoms with Gasteiger partial charge in [-0.1, -0.05) is 36.1 Å². The van der Waals surface area contributed by atoms with Crippen LogP contribution in [0.2, 0.25) is 0 Å². The molecular formula is C16H17NO4S3. The van der Waals surface area contributed by atoms with Crippen molar-refractivity contribution < 1.29 is 19.4 Å². The van der Waals surface area contributed by atoms with Crippen molar-refractivity contribution in [1.82, 2.24) is 4.90 Å². The van der Waals surface area contributed by atoms with E-state index in [1.807, 2.05) is 18.4 Å². The number of rotatable bonds is 7. The Balaban J connectivity index is 2.23. The van der Waals surface area contributed by atoms with E-state index in [0.29, 0.717) is 17.1 Å². The normalized spacial score (nSPS) is 17.4. The molecule has 128 valence electrons. The predicted molar refractivity (Wildman–Crippen MR) is 102 cm³/mol. The smallest absolute Gasteiger partial charge is 0.326 e. The molecule has 2 rings (SSSR count). The SMILES string of the molecule is COc1ccc(/C=C2/SC(=S)N([C@@H](CCSC)C(=O)O)C2=O)cc1. The summed E-state index contributed by atoms with van der Waals surface area (Å²) in [5.74, 6) is -0.0194. The molecule has 0 aliphatic carbocycles. The second-order valence-corrected chi connectivity index (χ2v) is 7.62. The molecule has 1 aliphatic rings. The van der Waals surface area contributed by atoms with Crippen LogP contribution in [0.5, 0.6) is 5.75 Å². The van der Waals surface area contributed by atoms with E-state index in [-0.39, 0.29) is 10.2 Å². The first-order valence-electron chi connectivity index (χ1n) is 7.10. The molecule has 1 amide bonds. The molecule has 0 radical (unpaired) electrons. The minimum Gasteiger partial charge on any atom is -0.497 e. The highest BCUT2D eigenvalue weighted by Crippen LogP contribution is 2.35. The van der Waals surface area contributed by atoms with Crippen LogP contribution in [0.4, 0.5) is 0 Å². The number of carboxylic acids is 1. The molecule has 5 nitrogen and oxygen atoms in total. The average molecular weight is 384 g/mol. The van der Waals surface area contributed by atoms with E-state index < -0.39 is 12.0 Å². The molecule has 1 aromatic rings. The van der Waals surface area contributed by atoms with Gasteiger partial charge in [0, 0.05) is 0 Å². The fourth-order valence-corrected chi connectivity index (χ4v) is 4.01. The molecule has 1 fully saturated rings. The Kier molecular flexibility index (Phi) is 6.70. The van der Waals surface area contributed by atoms with Gasteiger partial charge in [-0.05, 0) is 42.2 Å². The van der Waals surface area contributed by atoms with Gasteiger partial charge < -0.3 is 9.84 Å². The lowest BCUT2D eigenvalue weighted by Gasteiger charge is -2.22. The Hall–Kier alpha value is -1.51. The lowest BCUT2D eigenvalue weighted by atomic mass is 10.1. The number of carboxylic acid groups (broad SMARTS) is 1. The van der Waals surface area contributed by atoms with E-state index in [4.69, 9.17) is 17.0 Å². The molecule has 8 heteroatoms. The quantitative estimate of drug-likeness (QED) is 0.573. The number of nitrogens with zero attached hydrogens (tertiary/aromatic N) is 1. The van der Waals surface area contributed by atoms with Crippen molar-refractivity contribution in [3.05, 3.63) is 34.7 Å². The van der Waals surface area contributed by atoms with E-state index in [1.54, 1.807) is 25.3 Å². The summed E-state index contributed by atoms with van der Waals surface area (Å²) in [5.41, 5.74) is 0.826. The Bertz CT molecular complexity index is 672. The highest BCUT2D eigenvalue weighted by molar-refractivity contribution is 8.26. The molecule has 1 aliphatic heterocycles. The summed E-state index contributed by atoms with van der Waals surface area (Å²) in [4.78, 5) is 25.8. The van der Waals surface area contributed by atoms with E-state index in [1.165, 1.54) is 16.7 Å². The van der Waals surface area contributed by atoms with Crippen LogP contribution in [-0.4, -0.2) is 51.4 Å². The van der Waals surface area contributed by atoms with Crippen molar-refractivity contribution in [2.75, 3.05) is 19.1 Å². The number of carbonyl (C=O) groups excluding carboxylic acids is 1. The van der Waals surface area contributed by atoms with Crippen molar-refractivity contribution in [2.45, 2.75) is 12.5 Å². The van der Waals surface area contributed by atoms with Gasteiger partial charge in [-0.15, -0.1) is 0 Å². The number of carbonyl (C=O) groups is 2. The van der Waals surface area contributed by atoms with Crippen LogP contribution in [0.15, 0.2) is 29.2 Å². The van der Waals surface area contributed by atoms with E-state index in [2.05, 4.69) is 0 Å². The fraction of sp³-hybridized carbons (Fsp3) is 0.312. The van der Waals surface area contributed by atoms with Gasteiger partial charge in [-0.3, -0.25) is 9.69 Å². The molecule has 0 aromatic heterocycles. The maximum absolute atomic E-state index is 12.6. The minimum absolute atomic E-state index is 0.285. The first-order chi connectivity index (χ1) is 11.5. The van der Waals surface area contributed by atoms with Gasteiger partial charge in [0.25, 0.3) is 5.91 Å². The summed E-state index contributed by atoms with van der Waals surface area (Å²) >= 11 is 7.90. The van der Waals surface area contributed by atoms with E-state index >= 15 is 0 Å². The summed E-state index contributed by atoms with van der Waals surface area (Å²) in [5, 5.41) is 9.42. The standard InChI is InChI=1S/C16H17NO4S3/c1-21-11-5-3-10(4-6-11)9-13-14(18)17(16(22)24-13)12(15(19)20)7-8-23-2/h3-6,9,12H,7-8H2,1-2H3,(H,19,20)/b13-9+/t12-/m0/s1. The molecule has 24 heavy (non-hydrogen) atoms. The van der Waals surface area contributed by atoms with Gasteiger partial charge in [-0.2, -0.15) is 11.8 Å². The zero-order valence-electron chi connectivity index (χ0n) is 13.2. The predicted octanol–water partition coefficient (Wildman–Crippen LogP) is 3.10. The topological polar surface area (TPSA) is 66.8 Å². The number of benzene rings is 1. The lowest BCUT2D eigenvalue weighted by Crippen LogP contribution is -2.44. The Labute approximate surface area is 154 Å². The zero-order valence-corrected chi connectivity index (χ0v) is 15.7. The second kappa shape index (κ2) is 8.55. The molecule has 0 unspecified atom stereocenters. The molecule has 1 N–H and O–H groups in total. The van der Waals surface area contributed by atoms with Gasteiger partial charge in [0.05, 0.1) is 12.0 Å². The molecule has 1 saturated heterocycles. The van der Waals surface area contributed by atoms with Crippen LogP contribution < -0.4 is 4.74 Å².